The Morgan fingerprint density at radius 2 is 1.84 bits per heavy atom. The molecule has 3 aromatic carbocycles. The van der Waals surface area contributed by atoms with E-state index in [-0.39, 0.29) is 11.7 Å². The Morgan fingerprint density at radius 3 is 2.59 bits per heavy atom. The molecule has 0 aliphatic carbocycles. The van der Waals surface area contributed by atoms with Crippen LogP contribution in [0, 0.1) is 0 Å². The zero-order chi connectivity index (χ0) is 26.1. The van der Waals surface area contributed by atoms with E-state index in [4.69, 9.17) is 18.9 Å². The predicted octanol–water partition coefficient (Wildman–Crippen LogP) is 7.40. The van der Waals surface area contributed by atoms with E-state index >= 15 is 0 Å². The van der Waals surface area contributed by atoms with Gasteiger partial charge in [-0.2, -0.15) is 9.78 Å². The van der Waals surface area contributed by atoms with E-state index in [9.17, 15) is 4.79 Å². The number of rotatable bonds is 7. The molecule has 188 valence electrons. The Bertz CT molecular complexity index is 1670. The van der Waals surface area contributed by atoms with Crippen LogP contribution in [0.3, 0.4) is 0 Å². The minimum atomic E-state index is -0.308. The molecule has 0 aliphatic heterocycles. The summed E-state index contributed by atoms with van der Waals surface area (Å²) < 4.78 is 20.5. The lowest BCUT2D eigenvalue weighted by Crippen LogP contribution is -2.20. The van der Waals surface area contributed by atoms with Crippen molar-refractivity contribution in [2.45, 2.75) is 26.9 Å². The number of benzene rings is 3. The van der Waals surface area contributed by atoms with Gasteiger partial charge in [0.15, 0.2) is 17.3 Å². The van der Waals surface area contributed by atoms with Crippen LogP contribution < -0.4 is 15.0 Å². The van der Waals surface area contributed by atoms with Crippen LogP contribution in [0.4, 0.5) is 0 Å². The number of hydrogen-bond acceptors (Lipinski definition) is 6. The molecule has 2 heterocycles. The normalized spacial score (nSPS) is 11.7. The fourth-order valence-corrected chi connectivity index (χ4v) is 4.82. The second-order valence-electron chi connectivity index (χ2n) is 8.48. The quantitative estimate of drug-likeness (QED) is 0.176. The highest BCUT2D eigenvalue weighted by atomic mass is 79.9. The topological polar surface area (TPSA) is 78.9 Å². The van der Waals surface area contributed by atoms with E-state index in [1.54, 1.807) is 24.4 Å². The average molecular weight is 625 g/mol. The van der Waals surface area contributed by atoms with Crippen molar-refractivity contribution < 1.29 is 13.9 Å². The number of fused-ring (bicyclic) bond motifs is 2. The average Bonchev–Trinajstić information content (AvgIpc) is 3.32. The lowest BCUT2D eigenvalue weighted by atomic mass is 10.2. The largest absolute Gasteiger partial charge is 0.490 e. The summed E-state index contributed by atoms with van der Waals surface area (Å²) in [5.74, 6) is 1.90. The van der Waals surface area contributed by atoms with E-state index in [0.29, 0.717) is 60.7 Å². The summed E-state index contributed by atoms with van der Waals surface area (Å²) in [6.45, 7) is 6.26. The molecule has 9 heteroatoms. The predicted molar refractivity (Wildman–Crippen MR) is 153 cm³/mol. The highest BCUT2D eigenvalue weighted by Gasteiger charge is 2.19. The Morgan fingerprint density at radius 1 is 1.08 bits per heavy atom. The number of nitrogens with zero attached hydrogens (tertiary/aromatic N) is 3. The SMILES string of the molecule is CCOc1cc(C=Nn2c(-c3cc4ccccc4o3)nc3ccccc3c2=O)c(Br)c(Br)c1OC(C)C. The standard InChI is InChI=1S/C28H23Br2N3O4/c1-4-35-22-14-18(24(29)25(30)26(22)36-16(2)3)15-31-33-27(23-13-17-9-5-8-12-21(17)37-23)32-20-11-7-6-10-19(20)28(33)34/h5-16H,4H2,1-3H3. The Hall–Kier alpha value is -3.43. The number of ether oxygens (including phenoxy) is 2. The molecule has 2 aromatic heterocycles. The summed E-state index contributed by atoms with van der Waals surface area (Å²) in [7, 11) is 0. The number of furan rings is 1. The molecular formula is C28H23Br2N3O4. The molecule has 37 heavy (non-hydrogen) atoms. The molecule has 5 rings (SSSR count). The van der Waals surface area contributed by atoms with Crippen LogP contribution in [0.15, 0.2) is 83.9 Å². The Labute approximate surface area is 230 Å². The van der Waals surface area contributed by atoms with Gasteiger partial charge in [0.1, 0.15) is 5.58 Å². The molecule has 0 fully saturated rings. The summed E-state index contributed by atoms with van der Waals surface area (Å²) in [6, 6.07) is 18.5. The fourth-order valence-electron chi connectivity index (χ4n) is 3.91. The highest BCUT2D eigenvalue weighted by Crippen LogP contribution is 2.43. The number of para-hydroxylation sites is 2. The van der Waals surface area contributed by atoms with Crippen molar-refractivity contribution in [2.24, 2.45) is 5.10 Å². The van der Waals surface area contributed by atoms with Crippen molar-refractivity contribution >= 4 is 59.9 Å². The second kappa shape index (κ2) is 10.5. The monoisotopic (exact) mass is 623 g/mol. The lowest BCUT2D eigenvalue weighted by molar-refractivity contribution is 0.222. The molecule has 0 saturated heterocycles. The van der Waals surface area contributed by atoms with Crippen LogP contribution >= 0.6 is 31.9 Å². The minimum Gasteiger partial charge on any atom is -0.490 e. The molecule has 0 bridgehead atoms. The van der Waals surface area contributed by atoms with E-state index in [2.05, 4.69) is 37.0 Å². The van der Waals surface area contributed by atoms with Gasteiger partial charge in [0.2, 0.25) is 5.82 Å². The van der Waals surface area contributed by atoms with Crippen molar-refractivity contribution in [1.82, 2.24) is 9.66 Å². The minimum absolute atomic E-state index is 0.0458. The molecule has 0 atom stereocenters. The number of hydrogen-bond donors (Lipinski definition) is 0. The molecule has 0 aliphatic rings. The molecule has 7 nitrogen and oxygen atoms in total. The van der Waals surface area contributed by atoms with Crippen molar-refractivity contribution in [2.75, 3.05) is 6.61 Å². The summed E-state index contributed by atoms with van der Waals surface area (Å²) in [5, 5.41) is 5.94. The first-order valence-electron chi connectivity index (χ1n) is 11.7. The van der Waals surface area contributed by atoms with Gasteiger partial charge < -0.3 is 13.9 Å². The fraction of sp³-hybridized carbons (Fsp3) is 0.179. The lowest BCUT2D eigenvalue weighted by Gasteiger charge is -2.18. The van der Waals surface area contributed by atoms with E-state index in [1.807, 2.05) is 63.2 Å². The van der Waals surface area contributed by atoms with Crippen molar-refractivity contribution in [3.63, 3.8) is 0 Å². The molecule has 0 unspecified atom stereocenters. The van der Waals surface area contributed by atoms with Crippen molar-refractivity contribution in [3.8, 4) is 23.1 Å². The van der Waals surface area contributed by atoms with Gasteiger partial charge in [0.25, 0.3) is 5.56 Å². The first-order valence-corrected chi connectivity index (χ1v) is 13.3. The summed E-state index contributed by atoms with van der Waals surface area (Å²) >= 11 is 7.24. The molecule has 0 saturated carbocycles. The maximum Gasteiger partial charge on any atom is 0.282 e. The highest BCUT2D eigenvalue weighted by molar-refractivity contribution is 9.13. The van der Waals surface area contributed by atoms with Gasteiger partial charge in [-0.25, -0.2) is 4.98 Å². The van der Waals surface area contributed by atoms with Crippen LogP contribution in [-0.2, 0) is 0 Å². The van der Waals surface area contributed by atoms with Gasteiger partial charge >= 0.3 is 0 Å². The van der Waals surface area contributed by atoms with Gasteiger partial charge in [-0.15, -0.1) is 0 Å². The van der Waals surface area contributed by atoms with E-state index in [1.165, 1.54) is 4.68 Å². The third-order valence-corrected chi connectivity index (χ3v) is 7.66. The van der Waals surface area contributed by atoms with Crippen LogP contribution in [0.1, 0.15) is 26.3 Å². The van der Waals surface area contributed by atoms with Gasteiger partial charge in [0, 0.05) is 15.4 Å². The van der Waals surface area contributed by atoms with Crippen LogP contribution in [0.2, 0.25) is 0 Å². The molecular weight excluding hydrogens is 602 g/mol. The van der Waals surface area contributed by atoms with Crippen LogP contribution in [0.5, 0.6) is 11.5 Å². The van der Waals surface area contributed by atoms with Gasteiger partial charge in [-0.3, -0.25) is 4.79 Å². The third kappa shape index (κ3) is 4.93. The van der Waals surface area contributed by atoms with Gasteiger partial charge in [0.05, 0.1) is 34.3 Å². The zero-order valence-corrected chi connectivity index (χ0v) is 23.5. The van der Waals surface area contributed by atoms with Gasteiger partial charge in [-0.05, 0) is 83.0 Å². The summed E-state index contributed by atoms with van der Waals surface area (Å²) in [4.78, 5) is 18.3. The number of halogens is 2. The summed E-state index contributed by atoms with van der Waals surface area (Å²) in [6.07, 6.45) is 1.54. The van der Waals surface area contributed by atoms with Crippen molar-refractivity contribution in [3.05, 3.63) is 85.5 Å². The maximum atomic E-state index is 13.6. The number of aromatic nitrogens is 2. The molecule has 0 spiro atoms. The maximum absolute atomic E-state index is 13.6. The van der Waals surface area contributed by atoms with Crippen LogP contribution in [-0.4, -0.2) is 28.6 Å². The Balaban J connectivity index is 1.69. The Kier molecular flexibility index (Phi) is 7.17. The van der Waals surface area contributed by atoms with Crippen LogP contribution in [0.25, 0.3) is 33.5 Å². The van der Waals surface area contributed by atoms with E-state index in [0.717, 1.165) is 5.39 Å². The summed E-state index contributed by atoms with van der Waals surface area (Å²) in [5.41, 5.74) is 1.63. The van der Waals surface area contributed by atoms with E-state index < -0.39 is 0 Å². The smallest absolute Gasteiger partial charge is 0.282 e. The molecule has 0 N–H and O–H groups in total. The first kappa shape index (κ1) is 25.2. The first-order chi connectivity index (χ1) is 17.9. The molecule has 0 amide bonds. The zero-order valence-electron chi connectivity index (χ0n) is 20.4. The second-order valence-corrected chi connectivity index (χ2v) is 10.1. The molecule has 5 aromatic rings. The third-order valence-electron chi connectivity index (χ3n) is 5.52. The molecule has 0 radical (unpaired) electrons. The van der Waals surface area contributed by atoms with Gasteiger partial charge in [-0.1, -0.05) is 30.3 Å². The van der Waals surface area contributed by atoms with Crippen molar-refractivity contribution in [1.29, 1.82) is 0 Å².